The summed E-state index contributed by atoms with van der Waals surface area (Å²) in [6.07, 6.45) is 6.75. The first-order chi connectivity index (χ1) is 9.78. The lowest BCUT2D eigenvalue weighted by atomic mass is 9.80. The number of aromatic nitrogens is 1. The van der Waals surface area contributed by atoms with Gasteiger partial charge in [0.2, 0.25) is 0 Å². The van der Waals surface area contributed by atoms with E-state index in [1.807, 2.05) is 17.4 Å². The number of thiazole rings is 1. The predicted octanol–water partition coefficient (Wildman–Crippen LogP) is 6.26. The topological polar surface area (TPSA) is 12.9 Å². The molecular weight excluding hydrogens is 330 g/mol. The van der Waals surface area contributed by atoms with Crippen LogP contribution in [0.15, 0.2) is 34.1 Å². The number of nitrogens with zero attached hydrogens (tertiary/aromatic N) is 1. The summed E-state index contributed by atoms with van der Waals surface area (Å²) in [5.41, 5.74) is 2.33. The van der Waals surface area contributed by atoms with Gasteiger partial charge in [0, 0.05) is 21.3 Å². The number of benzene rings is 1. The highest BCUT2D eigenvalue weighted by atomic mass is 79.9. The average molecular weight is 350 g/mol. The molecule has 2 aromatic rings. The molecule has 0 bridgehead atoms. The molecule has 2 unspecified atom stereocenters. The minimum absolute atomic E-state index is 0.690. The molecule has 2 atom stereocenters. The van der Waals surface area contributed by atoms with E-state index in [0.29, 0.717) is 5.92 Å². The van der Waals surface area contributed by atoms with Crippen molar-refractivity contribution in [3.8, 4) is 11.3 Å². The summed E-state index contributed by atoms with van der Waals surface area (Å²) in [6.45, 7) is 2.32. The maximum absolute atomic E-state index is 4.92. The van der Waals surface area contributed by atoms with Gasteiger partial charge in [0.1, 0.15) is 0 Å². The van der Waals surface area contributed by atoms with Gasteiger partial charge in [0.05, 0.1) is 10.7 Å². The monoisotopic (exact) mass is 349 g/mol. The van der Waals surface area contributed by atoms with E-state index in [1.54, 1.807) is 0 Å². The summed E-state index contributed by atoms with van der Waals surface area (Å²) in [6, 6.07) is 8.35. The van der Waals surface area contributed by atoms with E-state index in [1.165, 1.54) is 42.7 Å². The zero-order chi connectivity index (χ0) is 13.9. The highest BCUT2D eigenvalue weighted by Crippen LogP contribution is 2.40. The van der Waals surface area contributed by atoms with Crippen molar-refractivity contribution in [2.75, 3.05) is 0 Å². The molecular formula is C17H20BrNS. The van der Waals surface area contributed by atoms with Gasteiger partial charge >= 0.3 is 0 Å². The highest BCUT2D eigenvalue weighted by molar-refractivity contribution is 9.10. The van der Waals surface area contributed by atoms with Gasteiger partial charge in [-0.15, -0.1) is 11.3 Å². The van der Waals surface area contributed by atoms with Crippen LogP contribution in [0.3, 0.4) is 0 Å². The summed E-state index contributed by atoms with van der Waals surface area (Å²) < 4.78 is 1.13. The molecule has 1 nitrogen and oxygen atoms in total. The van der Waals surface area contributed by atoms with E-state index >= 15 is 0 Å². The van der Waals surface area contributed by atoms with E-state index in [-0.39, 0.29) is 0 Å². The van der Waals surface area contributed by atoms with Crippen LogP contribution in [0.1, 0.15) is 50.0 Å². The standard InChI is InChI=1S/C17H20BrNS/c1-2-12-6-5-7-13(10-12)17-19-16(11-20-17)14-8-3-4-9-15(14)18/h3-4,8-9,11-13H,2,5-7,10H2,1H3. The van der Waals surface area contributed by atoms with E-state index < -0.39 is 0 Å². The Kier molecular flexibility index (Phi) is 4.57. The fourth-order valence-corrected chi connectivity index (χ4v) is 4.61. The van der Waals surface area contributed by atoms with Gasteiger partial charge in [-0.2, -0.15) is 0 Å². The van der Waals surface area contributed by atoms with Gasteiger partial charge < -0.3 is 0 Å². The maximum Gasteiger partial charge on any atom is 0.0963 e. The Morgan fingerprint density at radius 1 is 1.30 bits per heavy atom. The number of hydrogen-bond acceptors (Lipinski definition) is 2. The molecule has 20 heavy (non-hydrogen) atoms. The van der Waals surface area contributed by atoms with Crippen LogP contribution >= 0.6 is 27.3 Å². The second kappa shape index (κ2) is 6.40. The fraction of sp³-hybridized carbons (Fsp3) is 0.471. The summed E-state index contributed by atoms with van der Waals surface area (Å²) in [5.74, 6) is 1.60. The first kappa shape index (κ1) is 14.3. The predicted molar refractivity (Wildman–Crippen MR) is 90.2 cm³/mol. The van der Waals surface area contributed by atoms with Crippen LogP contribution < -0.4 is 0 Å². The largest absolute Gasteiger partial charge is 0.241 e. The number of halogens is 1. The second-order valence-corrected chi connectivity index (χ2v) is 7.43. The van der Waals surface area contributed by atoms with Crippen LogP contribution in [0.5, 0.6) is 0 Å². The van der Waals surface area contributed by atoms with Gasteiger partial charge in [-0.1, -0.05) is 60.3 Å². The van der Waals surface area contributed by atoms with Crippen molar-refractivity contribution in [1.29, 1.82) is 0 Å². The Labute approximate surface area is 133 Å². The van der Waals surface area contributed by atoms with Crippen molar-refractivity contribution in [1.82, 2.24) is 4.98 Å². The van der Waals surface area contributed by atoms with Crippen molar-refractivity contribution in [2.45, 2.75) is 44.9 Å². The summed E-state index contributed by atoms with van der Waals surface area (Å²) in [5, 5.41) is 3.55. The molecule has 3 rings (SSSR count). The molecule has 1 saturated carbocycles. The summed E-state index contributed by atoms with van der Waals surface area (Å²) in [7, 11) is 0. The number of rotatable bonds is 3. The molecule has 0 radical (unpaired) electrons. The first-order valence-electron chi connectivity index (χ1n) is 7.48. The zero-order valence-corrected chi connectivity index (χ0v) is 14.2. The average Bonchev–Trinajstić information content (AvgIpc) is 2.97. The molecule has 1 aliphatic carbocycles. The molecule has 1 fully saturated rings. The summed E-state index contributed by atoms with van der Waals surface area (Å²) >= 11 is 5.46. The normalized spacial score (nSPS) is 22.9. The number of hydrogen-bond donors (Lipinski definition) is 0. The molecule has 0 N–H and O–H groups in total. The van der Waals surface area contributed by atoms with E-state index in [2.05, 4.69) is 46.4 Å². The van der Waals surface area contributed by atoms with Gasteiger partial charge in [0.15, 0.2) is 0 Å². The van der Waals surface area contributed by atoms with Crippen LogP contribution in [0.4, 0.5) is 0 Å². The van der Waals surface area contributed by atoms with Gasteiger partial charge in [-0.25, -0.2) is 4.98 Å². The second-order valence-electron chi connectivity index (χ2n) is 5.69. The minimum Gasteiger partial charge on any atom is -0.241 e. The molecule has 1 heterocycles. The molecule has 106 valence electrons. The first-order valence-corrected chi connectivity index (χ1v) is 9.15. The third-order valence-electron chi connectivity index (χ3n) is 4.38. The molecule has 0 spiro atoms. The van der Waals surface area contributed by atoms with Crippen molar-refractivity contribution in [3.63, 3.8) is 0 Å². The van der Waals surface area contributed by atoms with E-state index in [9.17, 15) is 0 Å². The van der Waals surface area contributed by atoms with Gasteiger partial charge in [-0.05, 0) is 24.8 Å². The summed E-state index contributed by atoms with van der Waals surface area (Å²) in [4.78, 5) is 4.92. The maximum atomic E-state index is 4.92. The van der Waals surface area contributed by atoms with Crippen LogP contribution in [-0.4, -0.2) is 4.98 Å². The van der Waals surface area contributed by atoms with Gasteiger partial charge in [-0.3, -0.25) is 0 Å². The molecule has 0 saturated heterocycles. The molecule has 0 amide bonds. The quantitative estimate of drug-likeness (QED) is 0.637. The smallest absolute Gasteiger partial charge is 0.0963 e. The molecule has 1 aromatic carbocycles. The van der Waals surface area contributed by atoms with Crippen molar-refractivity contribution in [2.24, 2.45) is 5.92 Å². The minimum atomic E-state index is 0.690. The fourth-order valence-electron chi connectivity index (χ4n) is 3.15. The Morgan fingerprint density at radius 3 is 2.95 bits per heavy atom. The molecule has 1 aliphatic rings. The van der Waals surface area contributed by atoms with Crippen LogP contribution in [0, 0.1) is 5.92 Å². The highest BCUT2D eigenvalue weighted by Gasteiger charge is 2.24. The van der Waals surface area contributed by atoms with Crippen molar-refractivity contribution >= 4 is 27.3 Å². The van der Waals surface area contributed by atoms with E-state index in [0.717, 1.165) is 16.1 Å². The molecule has 3 heteroatoms. The lowest BCUT2D eigenvalue weighted by Gasteiger charge is -2.26. The van der Waals surface area contributed by atoms with Crippen molar-refractivity contribution in [3.05, 3.63) is 39.1 Å². The van der Waals surface area contributed by atoms with Crippen LogP contribution in [-0.2, 0) is 0 Å². The van der Waals surface area contributed by atoms with Crippen LogP contribution in [0.25, 0.3) is 11.3 Å². The zero-order valence-electron chi connectivity index (χ0n) is 11.8. The van der Waals surface area contributed by atoms with Crippen molar-refractivity contribution < 1.29 is 0 Å². The third-order valence-corrected chi connectivity index (χ3v) is 6.08. The Balaban J connectivity index is 1.82. The Hall–Kier alpha value is -0.670. The van der Waals surface area contributed by atoms with Crippen LogP contribution in [0.2, 0.25) is 0 Å². The van der Waals surface area contributed by atoms with E-state index in [4.69, 9.17) is 4.98 Å². The molecule has 0 aliphatic heterocycles. The lowest BCUT2D eigenvalue weighted by molar-refractivity contribution is 0.314. The lowest BCUT2D eigenvalue weighted by Crippen LogP contribution is -2.13. The Morgan fingerprint density at radius 2 is 2.15 bits per heavy atom. The Bertz CT molecular complexity index is 578. The third kappa shape index (κ3) is 2.99. The molecule has 1 aromatic heterocycles. The van der Waals surface area contributed by atoms with Gasteiger partial charge in [0.25, 0.3) is 0 Å². The SMILES string of the molecule is CCC1CCCC(c2nc(-c3ccccc3Br)cs2)C1.